The maximum absolute atomic E-state index is 12.4. The number of carbonyl (C=O) groups excluding carboxylic acids is 1. The minimum atomic E-state index is -0.267. The quantitative estimate of drug-likeness (QED) is 0.897. The number of hydrogen-bond donors (Lipinski definition) is 2. The third kappa shape index (κ3) is 2.26. The molecule has 0 spiro atoms. The van der Waals surface area contributed by atoms with Crippen LogP contribution < -0.4 is 15.8 Å². The molecule has 1 atom stereocenters. The van der Waals surface area contributed by atoms with Crippen LogP contribution in [0.3, 0.4) is 0 Å². The van der Waals surface area contributed by atoms with Gasteiger partial charge < -0.3 is 15.8 Å². The van der Waals surface area contributed by atoms with Crippen LogP contribution in [-0.4, -0.2) is 12.5 Å². The Morgan fingerprint density at radius 2 is 1.95 bits per heavy atom. The molecule has 1 heterocycles. The van der Waals surface area contributed by atoms with Crippen LogP contribution in [0.1, 0.15) is 17.0 Å². The van der Waals surface area contributed by atoms with Crippen molar-refractivity contribution in [1.82, 2.24) is 0 Å². The molecule has 2 aromatic carbocycles. The van der Waals surface area contributed by atoms with Crippen LogP contribution in [0.4, 0.5) is 5.69 Å². The summed E-state index contributed by atoms with van der Waals surface area (Å²) in [6.45, 7) is 0.782. The number of ether oxygens (including phenoxy) is 1. The molecule has 1 aliphatic heterocycles. The van der Waals surface area contributed by atoms with E-state index in [1.54, 1.807) is 0 Å². The summed E-state index contributed by atoms with van der Waals surface area (Å²) in [6.07, 6.45) is 0. The first-order valence-electron chi connectivity index (χ1n) is 6.60. The summed E-state index contributed by atoms with van der Waals surface area (Å²) in [5.41, 5.74) is 8.31. The van der Waals surface area contributed by atoms with Gasteiger partial charge in [0.1, 0.15) is 18.3 Å². The van der Waals surface area contributed by atoms with Crippen molar-refractivity contribution in [3.63, 3.8) is 0 Å². The normalized spacial score (nSPS) is 16.4. The van der Waals surface area contributed by atoms with E-state index in [1.807, 2.05) is 48.5 Å². The molecule has 0 radical (unpaired) electrons. The van der Waals surface area contributed by atoms with Gasteiger partial charge in [0, 0.05) is 17.8 Å². The van der Waals surface area contributed by atoms with Crippen molar-refractivity contribution in [3.8, 4) is 5.75 Å². The van der Waals surface area contributed by atoms with Gasteiger partial charge in [0.2, 0.25) is 5.91 Å². The molecule has 0 aliphatic carbocycles. The van der Waals surface area contributed by atoms with E-state index >= 15 is 0 Å². The molecule has 20 heavy (non-hydrogen) atoms. The second-order valence-corrected chi connectivity index (χ2v) is 4.75. The lowest BCUT2D eigenvalue weighted by Gasteiger charge is -2.13. The summed E-state index contributed by atoms with van der Waals surface area (Å²) in [4.78, 5) is 12.4. The van der Waals surface area contributed by atoms with E-state index in [2.05, 4.69) is 5.32 Å². The van der Waals surface area contributed by atoms with Gasteiger partial charge in [-0.25, -0.2) is 0 Å². The van der Waals surface area contributed by atoms with Gasteiger partial charge >= 0.3 is 0 Å². The van der Waals surface area contributed by atoms with Crippen molar-refractivity contribution < 1.29 is 9.53 Å². The minimum Gasteiger partial charge on any atom is -0.492 e. The summed E-state index contributed by atoms with van der Waals surface area (Å²) < 4.78 is 5.54. The molecule has 4 nitrogen and oxygen atoms in total. The first-order chi connectivity index (χ1) is 9.79. The van der Waals surface area contributed by atoms with Crippen LogP contribution in [0.2, 0.25) is 0 Å². The van der Waals surface area contributed by atoms with Crippen molar-refractivity contribution >= 4 is 11.6 Å². The third-order valence-electron chi connectivity index (χ3n) is 3.51. The fourth-order valence-electron chi connectivity index (χ4n) is 2.42. The largest absolute Gasteiger partial charge is 0.492 e. The summed E-state index contributed by atoms with van der Waals surface area (Å²) in [5.74, 6) is 0.465. The van der Waals surface area contributed by atoms with Gasteiger partial charge in [-0.05, 0) is 17.7 Å². The highest BCUT2D eigenvalue weighted by atomic mass is 16.5. The van der Waals surface area contributed by atoms with Crippen LogP contribution in [0, 0.1) is 0 Å². The van der Waals surface area contributed by atoms with Gasteiger partial charge in [0.05, 0.1) is 0 Å². The van der Waals surface area contributed by atoms with Crippen molar-refractivity contribution in [3.05, 3.63) is 59.7 Å². The molecule has 0 aromatic heterocycles. The standard InChI is InChI=1S/C16H16N2O2/c17-9-11-5-1-3-7-14(11)18-16(19)13-10-20-15-8-4-2-6-12(13)15/h1-8,13H,9-10,17H2,(H,18,19). The Morgan fingerprint density at radius 3 is 2.80 bits per heavy atom. The number of amides is 1. The first kappa shape index (κ1) is 12.7. The molecule has 2 aromatic rings. The highest BCUT2D eigenvalue weighted by Gasteiger charge is 2.30. The predicted octanol–water partition coefficient (Wildman–Crippen LogP) is 2.26. The average molecular weight is 268 g/mol. The molecule has 1 unspecified atom stereocenters. The van der Waals surface area contributed by atoms with Crippen LogP contribution in [-0.2, 0) is 11.3 Å². The Labute approximate surface area is 117 Å². The highest BCUT2D eigenvalue weighted by Crippen LogP contribution is 2.34. The maximum Gasteiger partial charge on any atom is 0.235 e. The third-order valence-corrected chi connectivity index (χ3v) is 3.51. The number of nitrogens with two attached hydrogens (primary N) is 1. The van der Waals surface area contributed by atoms with E-state index in [9.17, 15) is 4.79 Å². The predicted molar refractivity (Wildman–Crippen MR) is 77.6 cm³/mol. The summed E-state index contributed by atoms with van der Waals surface area (Å²) in [7, 11) is 0. The van der Waals surface area contributed by atoms with Crippen molar-refractivity contribution in [2.75, 3.05) is 11.9 Å². The molecule has 0 saturated carbocycles. The van der Waals surface area contributed by atoms with E-state index in [4.69, 9.17) is 10.5 Å². The van der Waals surface area contributed by atoms with Gasteiger partial charge in [0.25, 0.3) is 0 Å². The lowest BCUT2D eigenvalue weighted by atomic mass is 10.0. The van der Waals surface area contributed by atoms with E-state index < -0.39 is 0 Å². The summed E-state index contributed by atoms with van der Waals surface area (Å²) in [5, 5.41) is 2.95. The molecule has 3 rings (SSSR count). The first-order valence-corrected chi connectivity index (χ1v) is 6.60. The van der Waals surface area contributed by atoms with Gasteiger partial charge in [-0.2, -0.15) is 0 Å². The van der Waals surface area contributed by atoms with Gasteiger partial charge in [-0.15, -0.1) is 0 Å². The summed E-state index contributed by atoms with van der Waals surface area (Å²) in [6, 6.07) is 15.2. The Morgan fingerprint density at radius 1 is 1.20 bits per heavy atom. The van der Waals surface area contributed by atoms with Crippen LogP contribution in [0.5, 0.6) is 5.75 Å². The van der Waals surface area contributed by atoms with Crippen LogP contribution in [0.15, 0.2) is 48.5 Å². The average Bonchev–Trinajstić information content (AvgIpc) is 2.92. The number of para-hydroxylation sites is 2. The number of nitrogens with one attached hydrogen (secondary N) is 1. The van der Waals surface area contributed by atoms with Crippen molar-refractivity contribution in [2.24, 2.45) is 5.73 Å². The molecule has 0 fully saturated rings. The van der Waals surface area contributed by atoms with E-state index in [0.29, 0.717) is 13.2 Å². The highest BCUT2D eigenvalue weighted by molar-refractivity contribution is 5.97. The smallest absolute Gasteiger partial charge is 0.235 e. The molecule has 1 aliphatic rings. The van der Waals surface area contributed by atoms with Crippen LogP contribution in [0.25, 0.3) is 0 Å². The SMILES string of the molecule is NCc1ccccc1NC(=O)C1COc2ccccc21. The Hall–Kier alpha value is -2.33. The number of benzene rings is 2. The number of fused-ring (bicyclic) bond motifs is 1. The monoisotopic (exact) mass is 268 g/mol. The number of rotatable bonds is 3. The molecular formula is C16H16N2O2. The molecular weight excluding hydrogens is 252 g/mol. The molecule has 4 heteroatoms. The molecule has 0 saturated heterocycles. The lowest BCUT2D eigenvalue weighted by molar-refractivity contribution is -0.117. The number of carbonyl (C=O) groups is 1. The second-order valence-electron chi connectivity index (χ2n) is 4.75. The van der Waals surface area contributed by atoms with Gasteiger partial charge in [0.15, 0.2) is 0 Å². The van der Waals surface area contributed by atoms with Crippen LogP contribution >= 0.6 is 0 Å². The van der Waals surface area contributed by atoms with Crippen molar-refractivity contribution in [2.45, 2.75) is 12.5 Å². The molecule has 3 N–H and O–H groups in total. The topological polar surface area (TPSA) is 64.3 Å². The van der Waals surface area contributed by atoms with Gasteiger partial charge in [-0.1, -0.05) is 36.4 Å². The molecule has 1 amide bonds. The fraction of sp³-hybridized carbons (Fsp3) is 0.188. The minimum absolute atomic E-state index is 0.0594. The zero-order valence-electron chi connectivity index (χ0n) is 11.0. The van der Waals surface area contributed by atoms with Crippen molar-refractivity contribution in [1.29, 1.82) is 0 Å². The molecule has 102 valence electrons. The zero-order valence-corrected chi connectivity index (χ0v) is 11.0. The Balaban J connectivity index is 1.81. The van der Waals surface area contributed by atoms with E-state index in [0.717, 1.165) is 22.6 Å². The Bertz CT molecular complexity index is 640. The maximum atomic E-state index is 12.4. The van der Waals surface area contributed by atoms with Gasteiger partial charge in [-0.3, -0.25) is 4.79 Å². The Kier molecular flexibility index (Phi) is 3.39. The summed E-state index contributed by atoms with van der Waals surface area (Å²) >= 11 is 0. The molecule has 0 bridgehead atoms. The van der Waals surface area contributed by atoms with E-state index in [-0.39, 0.29) is 11.8 Å². The number of anilines is 1. The second kappa shape index (κ2) is 5.35. The zero-order chi connectivity index (χ0) is 13.9. The lowest BCUT2D eigenvalue weighted by Crippen LogP contribution is -2.23. The number of hydrogen-bond acceptors (Lipinski definition) is 3. The fourth-order valence-corrected chi connectivity index (χ4v) is 2.42. The van der Waals surface area contributed by atoms with E-state index in [1.165, 1.54) is 0 Å².